The number of carbonyl (C=O) groups is 1. The summed E-state index contributed by atoms with van der Waals surface area (Å²) in [5, 5.41) is 21.3. The summed E-state index contributed by atoms with van der Waals surface area (Å²) in [6, 6.07) is 17.5. The predicted octanol–water partition coefficient (Wildman–Crippen LogP) is 6.17. The maximum atomic E-state index is 13.0. The molecular formula is C33H48N4O3. The van der Waals surface area contributed by atoms with E-state index >= 15 is 0 Å². The fraction of sp³-hybridized carbons (Fsp3) is 0.515. The maximum Gasteiger partial charge on any atom is 0.254 e. The summed E-state index contributed by atoms with van der Waals surface area (Å²) in [5.41, 5.74) is 2.49. The van der Waals surface area contributed by atoms with E-state index in [2.05, 4.69) is 33.9 Å². The van der Waals surface area contributed by atoms with Gasteiger partial charge in [0.05, 0.1) is 0 Å². The first kappa shape index (κ1) is 31.4. The highest BCUT2D eigenvalue weighted by molar-refractivity contribution is 5.95. The van der Waals surface area contributed by atoms with Gasteiger partial charge in [0.2, 0.25) is 0 Å². The molecule has 218 valence electrons. The second-order valence-corrected chi connectivity index (χ2v) is 11.0. The molecule has 0 spiro atoms. The van der Waals surface area contributed by atoms with Crippen molar-refractivity contribution in [2.45, 2.75) is 71.4 Å². The monoisotopic (exact) mass is 548 g/mol. The molecule has 0 radical (unpaired) electrons. The lowest BCUT2D eigenvalue weighted by Gasteiger charge is -2.45. The zero-order valence-corrected chi connectivity index (χ0v) is 24.7. The average molecular weight is 549 g/mol. The number of carbonyl (C=O) groups excluding carboxylic acids is 1. The van der Waals surface area contributed by atoms with Crippen molar-refractivity contribution in [3.05, 3.63) is 66.4 Å². The van der Waals surface area contributed by atoms with E-state index in [4.69, 9.17) is 5.11 Å². The van der Waals surface area contributed by atoms with Crippen LogP contribution >= 0.6 is 0 Å². The predicted molar refractivity (Wildman–Crippen MR) is 165 cm³/mol. The molecule has 2 atom stereocenters. The second kappa shape index (κ2) is 16.2. The third-order valence-electron chi connectivity index (χ3n) is 7.73. The summed E-state index contributed by atoms with van der Waals surface area (Å²) in [4.78, 5) is 21.7. The minimum absolute atomic E-state index is 0.167. The van der Waals surface area contributed by atoms with E-state index in [1.54, 1.807) is 18.3 Å². The highest BCUT2D eigenvalue weighted by Crippen LogP contribution is 2.27. The van der Waals surface area contributed by atoms with E-state index < -0.39 is 0 Å². The van der Waals surface area contributed by atoms with E-state index in [9.17, 15) is 9.90 Å². The first-order chi connectivity index (χ1) is 19.4. The van der Waals surface area contributed by atoms with Gasteiger partial charge in [0.25, 0.3) is 5.91 Å². The van der Waals surface area contributed by atoms with Crippen molar-refractivity contribution in [2.24, 2.45) is 5.92 Å². The Morgan fingerprint density at radius 1 is 0.975 bits per heavy atom. The zero-order valence-electron chi connectivity index (χ0n) is 24.7. The van der Waals surface area contributed by atoms with Crippen molar-refractivity contribution in [3.8, 4) is 5.75 Å². The Morgan fingerprint density at radius 3 is 2.17 bits per heavy atom. The van der Waals surface area contributed by atoms with Crippen molar-refractivity contribution in [3.63, 3.8) is 0 Å². The molecular weight excluding hydrogens is 500 g/mol. The van der Waals surface area contributed by atoms with Crippen LogP contribution in [0.25, 0.3) is 10.9 Å². The number of anilines is 1. The van der Waals surface area contributed by atoms with Crippen LogP contribution in [-0.4, -0.2) is 76.3 Å². The van der Waals surface area contributed by atoms with Gasteiger partial charge in [0.1, 0.15) is 11.3 Å². The van der Waals surface area contributed by atoms with Crippen LogP contribution in [-0.2, 0) is 0 Å². The van der Waals surface area contributed by atoms with Gasteiger partial charge in [-0.15, -0.1) is 0 Å². The molecule has 40 heavy (non-hydrogen) atoms. The SMILES string of the molecule is CCCO.CNc1ccc(C(=O)N2C(C)CN(CC3CCCCC3)CC2C)cc1.Oc1cccc2cccnc12. The number of amides is 1. The molecule has 2 aliphatic rings. The number of nitrogens with one attached hydrogen (secondary N) is 1. The summed E-state index contributed by atoms with van der Waals surface area (Å²) in [7, 11) is 1.90. The minimum Gasteiger partial charge on any atom is -0.506 e. The lowest BCUT2D eigenvalue weighted by atomic mass is 9.88. The molecule has 3 aromatic rings. The van der Waals surface area contributed by atoms with Gasteiger partial charge < -0.3 is 20.4 Å². The van der Waals surface area contributed by atoms with E-state index in [1.807, 2.05) is 56.4 Å². The van der Waals surface area contributed by atoms with Crippen LogP contribution in [0, 0.1) is 5.92 Å². The molecule has 1 saturated heterocycles. The average Bonchev–Trinajstić information content (AvgIpc) is 2.98. The number of nitrogens with zero attached hydrogens (tertiary/aromatic N) is 3. The number of pyridine rings is 1. The van der Waals surface area contributed by atoms with Gasteiger partial charge in [0, 0.05) is 68.2 Å². The smallest absolute Gasteiger partial charge is 0.254 e. The lowest BCUT2D eigenvalue weighted by molar-refractivity contribution is 0.0232. The van der Waals surface area contributed by atoms with Crippen molar-refractivity contribution in [2.75, 3.05) is 38.6 Å². The van der Waals surface area contributed by atoms with Crippen LogP contribution in [0.4, 0.5) is 5.69 Å². The third-order valence-corrected chi connectivity index (χ3v) is 7.73. The van der Waals surface area contributed by atoms with Gasteiger partial charge in [-0.3, -0.25) is 14.7 Å². The molecule has 3 N–H and O–H groups in total. The van der Waals surface area contributed by atoms with Crippen molar-refractivity contribution < 1.29 is 15.0 Å². The summed E-state index contributed by atoms with van der Waals surface area (Å²) in [6.07, 6.45) is 9.53. The number of phenolic OH excluding ortho intramolecular Hbond substituents is 1. The number of para-hydroxylation sites is 1. The fourth-order valence-corrected chi connectivity index (χ4v) is 5.73. The number of rotatable bonds is 5. The number of hydrogen-bond donors (Lipinski definition) is 3. The number of aromatic nitrogens is 1. The number of piperazine rings is 1. The highest BCUT2D eigenvalue weighted by Gasteiger charge is 2.34. The molecule has 1 saturated carbocycles. The van der Waals surface area contributed by atoms with Crippen LogP contribution in [0.1, 0.15) is 69.7 Å². The molecule has 1 aromatic heterocycles. The van der Waals surface area contributed by atoms with Gasteiger partial charge in [-0.1, -0.05) is 44.4 Å². The summed E-state index contributed by atoms with van der Waals surface area (Å²) in [6.45, 7) is 9.86. The number of aliphatic hydroxyl groups is 1. The first-order valence-electron chi connectivity index (χ1n) is 14.8. The molecule has 7 nitrogen and oxygen atoms in total. The molecule has 0 bridgehead atoms. The van der Waals surface area contributed by atoms with E-state index in [1.165, 1.54) is 38.6 Å². The molecule has 7 heteroatoms. The molecule has 1 amide bonds. The first-order valence-corrected chi connectivity index (χ1v) is 14.8. The maximum absolute atomic E-state index is 13.0. The van der Waals surface area contributed by atoms with Gasteiger partial charge in [0.15, 0.2) is 0 Å². The number of aromatic hydroxyl groups is 1. The zero-order chi connectivity index (χ0) is 28.9. The number of hydrogen-bond acceptors (Lipinski definition) is 6. The molecule has 2 aromatic carbocycles. The Kier molecular flexibility index (Phi) is 12.7. The van der Waals surface area contributed by atoms with Gasteiger partial charge in [-0.2, -0.15) is 0 Å². The van der Waals surface area contributed by atoms with Crippen molar-refractivity contribution in [1.29, 1.82) is 0 Å². The van der Waals surface area contributed by atoms with Gasteiger partial charge >= 0.3 is 0 Å². The number of phenols is 1. The second-order valence-electron chi connectivity index (χ2n) is 11.0. The molecule has 1 aliphatic heterocycles. The van der Waals surface area contributed by atoms with Crippen LogP contribution in [0.3, 0.4) is 0 Å². The molecule has 5 rings (SSSR count). The number of benzene rings is 2. The van der Waals surface area contributed by atoms with E-state index in [-0.39, 0.29) is 23.7 Å². The van der Waals surface area contributed by atoms with Crippen molar-refractivity contribution in [1.82, 2.24) is 14.8 Å². The molecule has 2 fully saturated rings. The molecule has 1 aliphatic carbocycles. The summed E-state index contributed by atoms with van der Waals surface area (Å²) < 4.78 is 0. The standard InChI is InChI=1S/C21H33N3O.C9H7NO.C3H8O/c1-16-13-23(15-18-7-5-4-6-8-18)14-17(2)24(16)21(25)19-9-11-20(22-3)12-10-19;11-8-5-1-3-7-4-2-6-10-9(7)8;1-2-3-4/h9-12,16-18,22H,4-8,13-15H2,1-3H3;1-6,11H;4H,2-3H2,1H3. The third kappa shape index (κ3) is 8.93. The van der Waals surface area contributed by atoms with E-state index in [0.717, 1.165) is 42.1 Å². The fourth-order valence-electron chi connectivity index (χ4n) is 5.73. The Morgan fingerprint density at radius 2 is 1.60 bits per heavy atom. The van der Waals surface area contributed by atoms with E-state index in [0.29, 0.717) is 12.1 Å². The number of fused-ring (bicyclic) bond motifs is 1. The quantitative estimate of drug-likeness (QED) is 0.353. The summed E-state index contributed by atoms with van der Waals surface area (Å²) in [5.74, 6) is 1.27. The van der Waals surface area contributed by atoms with Gasteiger partial charge in [-0.05, 0) is 75.4 Å². The van der Waals surface area contributed by atoms with Crippen LogP contribution < -0.4 is 5.32 Å². The van der Waals surface area contributed by atoms with Gasteiger partial charge in [-0.25, -0.2) is 0 Å². The highest BCUT2D eigenvalue weighted by atomic mass is 16.3. The Balaban J connectivity index is 0.000000241. The number of aliphatic hydroxyl groups excluding tert-OH is 1. The van der Waals surface area contributed by atoms with Crippen LogP contribution in [0.2, 0.25) is 0 Å². The summed E-state index contributed by atoms with van der Waals surface area (Å²) >= 11 is 0. The topological polar surface area (TPSA) is 88.9 Å². The minimum atomic E-state index is 0.167. The van der Waals surface area contributed by atoms with Crippen LogP contribution in [0.5, 0.6) is 5.75 Å². The Bertz CT molecular complexity index is 1140. The lowest BCUT2D eigenvalue weighted by Crippen LogP contribution is -2.59. The Labute approximate surface area is 240 Å². The van der Waals surface area contributed by atoms with Crippen molar-refractivity contribution >= 4 is 22.5 Å². The van der Waals surface area contributed by atoms with Crippen LogP contribution in [0.15, 0.2) is 60.8 Å². The molecule has 2 heterocycles. The largest absolute Gasteiger partial charge is 0.506 e. The molecule has 2 unspecified atom stereocenters. The normalized spacial score (nSPS) is 19.7. The Hall–Kier alpha value is -3.16.